The lowest BCUT2D eigenvalue weighted by Crippen LogP contribution is -2.44. The zero-order valence-electron chi connectivity index (χ0n) is 11.1. The number of amidine groups is 1. The Morgan fingerprint density at radius 2 is 2.05 bits per heavy atom. The molecule has 6 heteroatoms. The molecule has 1 amide bonds. The smallest absolute Gasteiger partial charge is 0.256 e. The molecule has 0 unspecified atom stereocenters. The van der Waals surface area contributed by atoms with Gasteiger partial charge < -0.3 is 15.8 Å². The summed E-state index contributed by atoms with van der Waals surface area (Å²) < 4.78 is 0. The highest BCUT2D eigenvalue weighted by molar-refractivity contribution is 6.33. The number of rotatable bonds is 4. The molecule has 0 saturated heterocycles. The summed E-state index contributed by atoms with van der Waals surface area (Å²) in [6, 6.07) is 7.06. The number of benzene rings is 1. The maximum Gasteiger partial charge on any atom is 0.256 e. The highest BCUT2D eigenvalue weighted by Gasteiger charge is 2.29. The molecule has 20 heavy (non-hydrogen) atoms. The van der Waals surface area contributed by atoms with Crippen LogP contribution in [-0.4, -0.2) is 34.4 Å². The topological polar surface area (TPSA) is 78.9 Å². The first-order chi connectivity index (χ1) is 9.63. The minimum atomic E-state index is -0.172. The fourth-order valence-electron chi connectivity index (χ4n) is 2.58. The molecule has 0 spiro atoms. The summed E-state index contributed by atoms with van der Waals surface area (Å²) in [6.07, 6.45) is 4.06. The fourth-order valence-corrected chi connectivity index (χ4v) is 2.79. The van der Waals surface area contributed by atoms with Gasteiger partial charge in [0.15, 0.2) is 5.84 Å². The SMILES string of the molecule is NC(CN(C(=O)c1ccccc1Cl)C1CCCC1)=NO. The molecule has 0 aliphatic heterocycles. The minimum absolute atomic E-state index is 0.0253. The predicted octanol–water partition coefficient (Wildman–Crippen LogP) is 2.47. The van der Waals surface area contributed by atoms with E-state index >= 15 is 0 Å². The summed E-state index contributed by atoms with van der Waals surface area (Å²) in [4.78, 5) is 14.3. The summed E-state index contributed by atoms with van der Waals surface area (Å²) in [5, 5.41) is 12.1. The van der Waals surface area contributed by atoms with Gasteiger partial charge in [0.1, 0.15) is 0 Å². The molecule has 5 nitrogen and oxygen atoms in total. The van der Waals surface area contributed by atoms with E-state index in [-0.39, 0.29) is 24.3 Å². The van der Waals surface area contributed by atoms with Crippen molar-refractivity contribution in [1.82, 2.24) is 4.90 Å². The van der Waals surface area contributed by atoms with Crippen molar-refractivity contribution in [3.05, 3.63) is 34.9 Å². The first kappa shape index (κ1) is 14.7. The van der Waals surface area contributed by atoms with Crippen LogP contribution in [0.2, 0.25) is 5.02 Å². The molecule has 1 aromatic rings. The lowest BCUT2D eigenvalue weighted by atomic mass is 10.1. The van der Waals surface area contributed by atoms with Gasteiger partial charge in [0, 0.05) is 6.04 Å². The van der Waals surface area contributed by atoms with Crippen molar-refractivity contribution in [3.63, 3.8) is 0 Å². The normalized spacial score (nSPS) is 16.4. The molecular formula is C14H18ClN3O2. The standard InChI is InChI=1S/C14H18ClN3O2/c15-12-8-4-3-7-11(12)14(19)18(9-13(16)17-20)10-5-1-2-6-10/h3-4,7-8,10,20H,1-2,5-6,9H2,(H2,16,17). The summed E-state index contributed by atoms with van der Waals surface area (Å²) in [6.45, 7) is 0.116. The van der Waals surface area contributed by atoms with E-state index in [0.29, 0.717) is 10.6 Å². The van der Waals surface area contributed by atoms with Gasteiger partial charge in [-0.05, 0) is 25.0 Å². The van der Waals surface area contributed by atoms with Gasteiger partial charge in [-0.25, -0.2) is 0 Å². The van der Waals surface area contributed by atoms with Gasteiger partial charge in [-0.1, -0.05) is 41.7 Å². The van der Waals surface area contributed by atoms with E-state index in [1.807, 2.05) is 0 Å². The van der Waals surface area contributed by atoms with Crippen LogP contribution in [-0.2, 0) is 0 Å². The van der Waals surface area contributed by atoms with Crippen LogP contribution in [0.25, 0.3) is 0 Å². The number of hydrogen-bond acceptors (Lipinski definition) is 3. The van der Waals surface area contributed by atoms with E-state index < -0.39 is 0 Å². The van der Waals surface area contributed by atoms with Crippen LogP contribution in [0.5, 0.6) is 0 Å². The van der Waals surface area contributed by atoms with Crippen molar-refractivity contribution in [3.8, 4) is 0 Å². The summed E-state index contributed by atoms with van der Waals surface area (Å²) in [5.74, 6) is -0.147. The fraction of sp³-hybridized carbons (Fsp3) is 0.429. The van der Waals surface area contributed by atoms with Crippen LogP contribution in [0.3, 0.4) is 0 Å². The van der Waals surface area contributed by atoms with Crippen LogP contribution in [0.15, 0.2) is 29.4 Å². The van der Waals surface area contributed by atoms with Crippen LogP contribution < -0.4 is 5.73 Å². The van der Waals surface area contributed by atoms with Crippen molar-refractivity contribution in [2.24, 2.45) is 10.9 Å². The molecule has 0 radical (unpaired) electrons. The number of amides is 1. The highest BCUT2D eigenvalue weighted by Crippen LogP contribution is 2.26. The Bertz CT molecular complexity index is 513. The molecule has 1 aliphatic carbocycles. The Morgan fingerprint density at radius 3 is 2.65 bits per heavy atom. The lowest BCUT2D eigenvalue weighted by molar-refractivity contribution is 0.0712. The molecule has 3 N–H and O–H groups in total. The molecule has 1 fully saturated rings. The molecule has 0 aromatic heterocycles. The van der Waals surface area contributed by atoms with E-state index in [1.54, 1.807) is 29.2 Å². The Hall–Kier alpha value is -1.75. The monoisotopic (exact) mass is 295 g/mol. The quantitative estimate of drug-likeness (QED) is 0.388. The lowest BCUT2D eigenvalue weighted by Gasteiger charge is -2.28. The summed E-state index contributed by atoms with van der Waals surface area (Å²) in [7, 11) is 0. The van der Waals surface area contributed by atoms with Gasteiger partial charge in [0.2, 0.25) is 0 Å². The zero-order chi connectivity index (χ0) is 14.5. The van der Waals surface area contributed by atoms with Gasteiger partial charge in [-0.2, -0.15) is 0 Å². The van der Waals surface area contributed by atoms with Crippen LogP contribution in [0.4, 0.5) is 0 Å². The van der Waals surface area contributed by atoms with E-state index in [0.717, 1.165) is 25.7 Å². The Morgan fingerprint density at radius 1 is 1.40 bits per heavy atom. The van der Waals surface area contributed by atoms with Gasteiger partial charge in [0.25, 0.3) is 5.91 Å². The van der Waals surface area contributed by atoms with E-state index in [1.165, 1.54) is 0 Å². The van der Waals surface area contributed by atoms with Crippen molar-refractivity contribution >= 4 is 23.3 Å². The number of carbonyl (C=O) groups is 1. The average molecular weight is 296 g/mol. The Kier molecular flexibility index (Phi) is 4.84. The first-order valence-electron chi connectivity index (χ1n) is 6.65. The number of nitrogens with zero attached hydrogens (tertiary/aromatic N) is 2. The first-order valence-corrected chi connectivity index (χ1v) is 7.03. The van der Waals surface area contributed by atoms with Crippen molar-refractivity contribution < 1.29 is 10.0 Å². The minimum Gasteiger partial charge on any atom is -0.409 e. The highest BCUT2D eigenvalue weighted by atomic mass is 35.5. The number of hydrogen-bond donors (Lipinski definition) is 2. The summed E-state index contributed by atoms with van der Waals surface area (Å²) in [5.41, 5.74) is 6.02. The predicted molar refractivity (Wildman–Crippen MR) is 78.2 cm³/mol. The van der Waals surface area contributed by atoms with Crippen molar-refractivity contribution in [1.29, 1.82) is 0 Å². The molecule has 1 aliphatic rings. The maximum atomic E-state index is 12.7. The number of nitrogens with two attached hydrogens (primary N) is 1. The Balaban J connectivity index is 2.25. The van der Waals surface area contributed by atoms with Gasteiger partial charge in [-0.3, -0.25) is 4.79 Å². The molecule has 0 bridgehead atoms. The summed E-state index contributed by atoms with van der Waals surface area (Å²) >= 11 is 6.08. The Labute approximate surface area is 123 Å². The van der Waals surface area contributed by atoms with Crippen molar-refractivity contribution in [2.75, 3.05) is 6.54 Å². The number of halogens is 1. The van der Waals surface area contributed by atoms with Gasteiger partial charge in [0.05, 0.1) is 17.1 Å². The van der Waals surface area contributed by atoms with Gasteiger partial charge >= 0.3 is 0 Å². The molecule has 108 valence electrons. The second-order valence-electron chi connectivity index (χ2n) is 4.94. The van der Waals surface area contributed by atoms with E-state index in [4.69, 9.17) is 22.5 Å². The van der Waals surface area contributed by atoms with E-state index in [9.17, 15) is 4.79 Å². The molecule has 2 rings (SSSR count). The zero-order valence-corrected chi connectivity index (χ0v) is 11.9. The number of carbonyl (C=O) groups excluding carboxylic acids is 1. The van der Waals surface area contributed by atoms with Crippen LogP contribution >= 0.6 is 11.6 Å². The largest absolute Gasteiger partial charge is 0.409 e. The molecule has 1 saturated carbocycles. The number of oxime groups is 1. The van der Waals surface area contributed by atoms with Crippen LogP contribution in [0, 0.1) is 0 Å². The molecule has 1 aromatic carbocycles. The van der Waals surface area contributed by atoms with E-state index in [2.05, 4.69) is 5.16 Å². The van der Waals surface area contributed by atoms with Crippen molar-refractivity contribution in [2.45, 2.75) is 31.7 Å². The van der Waals surface area contributed by atoms with Gasteiger partial charge in [-0.15, -0.1) is 0 Å². The molecular weight excluding hydrogens is 278 g/mol. The third kappa shape index (κ3) is 3.22. The molecule has 0 atom stereocenters. The third-order valence-electron chi connectivity index (χ3n) is 3.59. The van der Waals surface area contributed by atoms with Crippen LogP contribution in [0.1, 0.15) is 36.0 Å². The molecule has 0 heterocycles. The maximum absolute atomic E-state index is 12.7. The third-order valence-corrected chi connectivity index (χ3v) is 3.92. The average Bonchev–Trinajstić information content (AvgIpc) is 2.98. The second-order valence-corrected chi connectivity index (χ2v) is 5.35. The second kappa shape index (κ2) is 6.61.